The van der Waals surface area contributed by atoms with Gasteiger partial charge in [0.1, 0.15) is 0 Å². The van der Waals surface area contributed by atoms with Crippen molar-refractivity contribution >= 4 is 35.0 Å². The van der Waals surface area contributed by atoms with Gasteiger partial charge in [-0.2, -0.15) is 5.10 Å². The van der Waals surface area contributed by atoms with Gasteiger partial charge in [0.15, 0.2) is 0 Å². The molecule has 0 fully saturated rings. The molecule has 2 aromatic rings. The van der Waals surface area contributed by atoms with Gasteiger partial charge in [0.2, 0.25) is 0 Å². The van der Waals surface area contributed by atoms with E-state index in [0.717, 1.165) is 27.9 Å². The fourth-order valence-corrected chi connectivity index (χ4v) is 2.68. The molecule has 2 rings (SSSR count). The van der Waals surface area contributed by atoms with Crippen molar-refractivity contribution in [3.8, 4) is 0 Å². The summed E-state index contributed by atoms with van der Waals surface area (Å²) in [6.07, 6.45) is 2.71. The lowest BCUT2D eigenvalue weighted by Gasteiger charge is -2.01. The lowest BCUT2D eigenvalue weighted by Crippen LogP contribution is -2.02. The molecular formula is C13H13ClN2O2S. The van der Waals surface area contributed by atoms with E-state index >= 15 is 0 Å². The molecule has 4 nitrogen and oxygen atoms in total. The molecule has 0 aliphatic rings. The number of carboxylic acids is 1. The van der Waals surface area contributed by atoms with Gasteiger partial charge in [-0.15, -0.1) is 11.3 Å². The van der Waals surface area contributed by atoms with Gasteiger partial charge in [0, 0.05) is 11.0 Å². The summed E-state index contributed by atoms with van der Waals surface area (Å²) in [6, 6.07) is 1.95. The fourth-order valence-electron chi connectivity index (χ4n) is 1.71. The summed E-state index contributed by atoms with van der Waals surface area (Å²) < 4.78 is 1.86. The summed E-state index contributed by atoms with van der Waals surface area (Å²) in [4.78, 5) is 11.5. The molecule has 0 saturated heterocycles. The van der Waals surface area contributed by atoms with Gasteiger partial charge in [-0.3, -0.25) is 4.68 Å². The number of halogens is 1. The Morgan fingerprint density at radius 2 is 2.32 bits per heavy atom. The Hall–Kier alpha value is -1.59. The normalized spacial score (nSPS) is 11.3. The summed E-state index contributed by atoms with van der Waals surface area (Å²) in [7, 11) is 0. The number of hydrogen-bond donors (Lipinski definition) is 1. The van der Waals surface area contributed by atoms with Crippen LogP contribution in [-0.2, 0) is 11.3 Å². The first-order chi connectivity index (χ1) is 8.97. The van der Waals surface area contributed by atoms with E-state index in [0.29, 0.717) is 11.6 Å². The predicted octanol–water partition coefficient (Wildman–Crippen LogP) is 3.36. The molecule has 0 amide bonds. The Kier molecular flexibility index (Phi) is 4.07. The Balaban J connectivity index is 2.16. The molecule has 0 aliphatic carbocycles. The van der Waals surface area contributed by atoms with Crippen LogP contribution in [0.4, 0.5) is 0 Å². The zero-order chi connectivity index (χ0) is 14.0. The van der Waals surface area contributed by atoms with Gasteiger partial charge in [-0.1, -0.05) is 11.6 Å². The van der Waals surface area contributed by atoms with Crippen LogP contribution < -0.4 is 0 Å². The quantitative estimate of drug-likeness (QED) is 0.880. The van der Waals surface area contributed by atoms with Crippen molar-refractivity contribution in [3.63, 3.8) is 0 Å². The molecule has 100 valence electrons. The highest BCUT2D eigenvalue weighted by Crippen LogP contribution is 2.22. The highest BCUT2D eigenvalue weighted by Gasteiger charge is 2.10. The highest BCUT2D eigenvalue weighted by atomic mass is 35.5. The topological polar surface area (TPSA) is 55.1 Å². The number of hydrogen-bond acceptors (Lipinski definition) is 3. The van der Waals surface area contributed by atoms with Gasteiger partial charge in [0.25, 0.3) is 0 Å². The lowest BCUT2D eigenvalue weighted by molar-refractivity contribution is -0.131. The van der Waals surface area contributed by atoms with Crippen LogP contribution in [0.2, 0.25) is 5.02 Å². The molecule has 0 spiro atoms. The summed E-state index contributed by atoms with van der Waals surface area (Å²) >= 11 is 7.67. The second-order valence-corrected chi connectivity index (χ2v) is 5.53. The zero-order valence-corrected chi connectivity index (χ0v) is 12.1. The predicted molar refractivity (Wildman–Crippen MR) is 76.8 cm³/mol. The highest BCUT2D eigenvalue weighted by molar-refractivity contribution is 7.10. The number of rotatable bonds is 4. The van der Waals surface area contributed by atoms with Crippen molar-refractivity contribution < 1.29 is 9.90 Å². The Morgan fingerprint density at radius 3 is 2.89 bits per heavy atom. The number of aromatic nitrogens is 2. The van der Waals surface area contributed by atoms with E-state index in [4.69, 9.17) is 16.7 Å². The first-order valence-electron chi connectivity index (χ1n) is 5.65. The van der Waals surface area contributed by atoms with Gasteiger partial charge >= 0.3 is 5.97 Å². The number of carboxylic acid groups (broad SMARTS) is 1. The monoisotopic (exact) mass is 296 g/mol. The molecule has 19 heavy (non-hydrogen) atoms. The third kappa shape index (κ3) is 3.24. The van der Waals surface area contributed by atoms with Crippen molar-refractivity contribution in [2.24, 2.45) is 0 Å². The number of aliphatic carboxylic acids is 1. The molecule has 0 atom stereocenters. The van der Waals surface area contributed by atoms with Gasteiger partial charge < -0.3 is 5.11 Å². The van der Waals surface area contributed by atoms with Crippen LogP contribution in [-0.4, -0.2) is 20.9 Å². The van der Waals surface area contributed by atoms with Gasteiger partial charge in [0.05, 0.1) is 23.0 Å². The average molecular weight is 297 g/mol. The van der Waals surface area contributed by atoms with Crippen LogP contribution in [0.25, 0.3) is 6.08 Å². The molecule has 2 aromatic heterocycles. The van der Waals surface area contributed by atoms with Crippen LogP contribution in [0.3, 0.4) is 0 Å². The fraction of sp³-hybridized carbons (Fsp3) is 0.231. The average Bonchev–Trinajstić information content (AvgIpc) is 2.89. The van der Waals surface area contributed by atoms with Crippen molar-refractivity contribution in [2.45, 2.75) is 20.4 Å². The lowest BCUT2D eigenvalue weighted by atomic mass is 10.3. The van der Waals surface area contributed by atoms with Crippen LogP contribution in [0.15, 0.2) is 17.5 Å². The number of carbonyl (C=O) groups is 1. The molecule has 0 aromatic carbocycles. The second-order valence-electron chi connectivity index (χ2n) is 4.16. The number of thiophene rings is 1. The molecule has 0 bridgehead atoms. The standard InChI is InChI=1S/C13H13ClN2O2S/c1-8-13(14)9(2)16(15-8)6-11-5-10(7-19-11)3-4-12(17)18/h3-5,7H,6H2,1-2H3,(H,17,18). The Labute approximate surface area is 119 Å². The van der Waals surface area contributed by atoms with Crippen LogP contribution in [0.5, 0.6) is 0 Å². The molecule has 6 heteroatoms. The number of aryl methyl sites for hydroxylation is 1. The maximum atomic E-state index is 10.4. The van der Waals surface area contributed by atoms with E-state index in [9.17, 15) is 4.79 Å². The van der Waals surface area contributed by atoms with Crippen molar-refractivity contribution in [2.75, 3.05) is 0 Å². The van der Waals surface area contributed by atoms with Gasteiger partial charge in [-0.05, 0) is 36.9 Å². The van der Waals surface area contributed by atoms with E-state index in [1.54, 1.807) is 17.4 Å². The molecule has 0 unspecified atom stereocenters. The zero-order valence-electron chi connectivity index (χ0n) is 10.6. The summed E-state index contributed by atoms with van der Waals surface area (Å²) in [6.45, 7) is 4.45. The molecule has 0 saturated carbocycles. The molecule has 2 heterocycles. The van der Waals surface area contributed by atoms with Crippen LogP contribution >= 0.6 is 22.9 Å². The van der Waals surface area contributed by atoms with E-state index in [2.05, 4.69) is 5.10 Å². The number of nitrogens with zero attached hydrogens (tertiary/aromatic N) is 2. The molecule has 0 aliphatic heterocycles. The molecule has 0 radical (unpaired) electrons. The summed E-state index contributed by atoms with van der Waals surface area (Å²) in [5, 5.41) is 15.6. The van der Waals surface area contributed by atoms with E-state index in [1.807, 2.05) is 30.0 Å². The summed E-state index contributed by atoms with van der Waals surface area (Å²) in [5.41, 5.74) is 2.65. The first-order valence-corrected chi connectivity index (χ1v) is 6.91. The Morgan fingerprint density at radius 1 is 1.58 bits per heavy atom. The largest absolute Gasteiger partial charge is 0.478 e. The minimum absolute atomic E-state index is 0.644. The smallest absolute Gasteiger partial charge is 0.328 e. The third-order valence-electron chi connectivity index (χ3n) is 2.69. The van der Waals surface area contributed by atoms with Crippen molar-refractivity contribution in [3.05, 3.63) is 44.4 Å². The van der Waals surface area contributed by atoms with Gasteiger partial charge in [-0.25, -0.2) is 4.79 Å². The van der Waals surface area contributed by atoms with Crippen LogP contribution in [0, 0.1) is 13.8 Å². The maximum Gasteiger partial charge on any atom is 0.328 e. The first kappa shape index (κ1) is 13.8. The SMILES string of the molecule is Cc1nn(Cc2cc(C=CC(=O)O)cs2)c(C)c1Cl. The van der Waals surface area contributed by atoms with Crippen LogP contribution in [0.1, 0.15) is 21.8 Å². The Bertz CT molecular complexity index is 643. The molecule has 1 N–H and O–H groups in total. The van der Waals surface area contributed by atoms with Crippen molar-refractivity contribution in [1.29, 1.82) is 0 Å². The van der Waals surface area contributed by atoms with Crippen molar-refractivity contribution in [1.82, 2.24) is 9.78 Å². The molecular weight excluding hydrogens is 284 g/mol. The third-order valence-corrected chi connectivity index (χ3v) is 4.18. The summed E-state index contributed by atoms with van der Waals surface area (Å²) in [5.74, 6) is -0.946. The minimum Gasteiger partial charge on any atom is -0.478 e. The van der Waals surface area contributed by atoms with E-state index in [1.165, 1.54) is 0 Å². The van der Waals surface area contributed by atoms with E-state index < -0.39 is 5.97 Å². The maximum absolute atomic E-state index is 10.4. The second kappa shape index (κ2) is 5.59. The van der Waals surface area contributed by atoms with E-state index in [-0.39, 0.29) is 0 Å². The minimum atomic E-state index is -0.946.